The number of nitrogens with two attached hydrogens (primary N) is 1. The topological polar surface area (TPSA) is 88.5 Å². The van der Waals surface area contributed by atoms with E-state index >= 15 is 0 Å². The maximum atomic E-state index is 11.2. The molecule has 0 aliphatic rings. The van der Waals surface area contributed by atoms with E-state index in [2.05, 4.69) is 5.32 Å². The summed E-state index contributed by atoms with van der Waals surface area (Å²) in [6.45, 7) is 3.74. The van der Waals surface area contributed by atoms with Gasteiger partial charge in [0, 0.05) is 0 Å². The van der Waals surface area contributed by atoms with Gasteiger partial charge in [0.15, 0.2) is 0 Å². The zero-order valence-corrected chi connectivity index (χ0v) is 10.8. The number of nitrogen functional groups attached to an aromatic ring is 1. The zero-order valence-electron chi connectivity index (χ0n) is 10.8. The summed E-state index contributed by atoms with van der Waals surface area (Å²) in [5, 5.41) is 12.2. The van der Waals surface area contributed by atoms with Gasteiger partial charge in [0.1, 0.15) is 11.5 Å². The minimum Gasteiger partial charge on any atom is -0.478 e. The lowest BCUT2D eigenvalue weighted by Gasteiger charge is -2.16. The molecule has 100 valence electrons. The van der Waals surface area contributed by atoms with E-state index in [0.29, 0.717) is 11.4 Å². The Morgan fingerprint density at radius 2 is 2.11 bits per heavy atom. The second-order valence-corrected chi connectivity index (χ2v) is 4.39. The summed E-state index contributed by atoms with van der Waals surface area (Å²) in [6, 6.07) is 8.34. The molecule has 1 atom stereocenters. The number of hydrogen-bond donors (Lipinski definition) is 3. The number of rotatable bonds is 4. The largest absolute Gasteiger partial charge is 0.478 e. The summed E-state index contributed by atoms with van der Waals surface area (Å²) < 4.78 is 5.51. The standard InChI is InChI=1S/C14H16N2O3/c1-8-6-7-12(19-8)9(2)16-13-10(14(17)18)4-3-5-11(13)15/h3-7,9,16H,15H2,1-2H3,(H,17,18). The highest BCUT2D eigenvalue weighted by molar-refractivity contribution is 5.97. The minimum atomic E-state index is -1.02. The molecule has 1 aromatic carbocycles. The molecule has 0 fully saturated rings. The van der Waals surface area contributed by atoms with Gasteiger partial charge in [-0.3, -0.25) is 0 Å². The molecule has 0 bridgehead atoms. The molecule has 0 saturated carbocycles. The first-order valence-corrected chi connectivity index (χ1v) is 5.93. The Labute approximate surface area is 111 Å². The van der Waals surface area contributed by atoms with Gasteiger partial charge in [0.25, 0.3) is 0 Å². The van der Waals surface area contributed by atoms with Crippen molar-refractivity contribution >= 4 is 17.3 Å². The summed E-state index contributed by atoms with van der Waals surface area (Å²) in [6.07, 6.45) is 0. The molecular formula is C14H16N2O3. The fraction of sp³-hybridized carbons (Fsp3) is 0.214. The molecule has 1 unspecified atom stereocenters. The number of anilines is 2. The van der Waals surface area contributed by atoms with Crippen LogP contribution >= 0.6 is 0 Å². The molecule has 1 heterocycles. The Morgan fingerprint density at radius 1 is 1.37 bits per heavy atom. The van der Waals surface area contributed by atoms with Gasteiger partial charge in [-0.05, 0) is 38.1 Å². The van der Waals surface area contributed by atoms with Gasteiger partial charge < -0.3 is 20.6 Å². The lowest BCUT2D eigenvalue weighted by atomic mass is 10.1. The van der Waals surface area contributed by atoms with E-state index in [1.165, 1.54) is 6.07 Å². The minimum absolute atomic E-state index is 0.148. The molecule has 19 heavy (non-hydrogen) atoms. The number of hydrogen-bond acceptors (Lipinski definition) is 4. The van der Waals surface area contributed by atoms with Crippen molar-refractivity contribution in [2.45, 2.75) is 19.9 Å². The van der Waals surface area contributed by atoms with Gasteiger partial charge in [-0.25, -0.2) is 4.79 Å². The first-order valence-electron chi connectivity index (χ1n) is 5.93. The third-order valence-electron chi connectivity index (χ3n) is 2.88. The van der Waals surface area contributed by atoms with Crippen LogP contribution in [0.1, 0.15) is 34.8 Å². The number of carbonyl (C=O) groups is 1. The molecule has 5 nitrogen and oxygen atoms in total. The van der Waals surface area contributed by atoms with Crippen molar-refractivity contribution in [1.82, 2.24) is 0 Å². The van der Waals surface area contributed by atoms with Crippen LogP contribution in [0.3, 0.4) is 0 Å². The highest BCUT2D eigenvalue weighted by Gasteiger charge is 2.16. The van der Waals surface area contributed by atoms with E-state index in [9.17, 15) is 4.79 Å². The van der Waals surface area contributed by atoms with Crippen LogP contribution in [0.15, 0.2) is 34.7 Å². The lowest BCUT2D eigenvalue weighted by Crippen LogP contribution is -2.12. The second kappa shape index (κ2) is 5.06. The van der Waals surface area contributed by atoms with E-state index in [0.717, 1.165) is 11.5 Å². The summed E-state index contributed by atoms with van der Waals surface area (Å²) in [7, 11) is 0. The van der Waals surface area contributed by atoms with E-state index < -0.39 is 5.97 Å². The van der Waals surface area contributed by atoms with E-state index in [1.54, 1.807) is 12.1 Å². The molecule has 0 aliphatic carbocycles. The Hall–Kier alpha value is -2.43. The molecule has 0 aliphatic heterocycles. The van der Waals surface area contributed by atoms with Crippen LogP contribution in [0.5, 0.6) is 0 Å². The van der Waals surface area contributed by atoms with Crippen LogP contribution < -0.4 is 11.1 Å². The number of benzene rings is 1. The Balaban J connectivity index is 2.30. The van der Waals surface area contributed by atoms with E-state index in [4.69, 9.17) is 15.3 Å². The molecule has 2 aromatic rings. The summed E-state index contributed by atoms with van der Waals surface area (Å²) >= 11 is 0. The highest BCUT2D eigenvalue weighted by Crippen LogP contribution is 2.28. The van der Waals surface area contributed by atoms with Gasteiger partial charge in [0.2, 0.25) is 0 Å². The van der Waals surface area contributed by atoms with Crippen LogP contribution in [0.2, 0.25) is 0 Å². The highest BCUT2D eigenvalue weighted by atomic mass is 16.4. The molecule has 1 aromatic heterocycles. The predicted molar refractivity (Wildman–Crippen MR) is 73.3 cm³/mol. The van der Waals surface area contributed by atoms with Gasteiger partial charge in [-0.1, -0.05) is 6.07 Å². The lowest BCUT2D eigenvalue weighted by molar-refractivity contribution is 0.0698. The summed E-state index contributed by atoms with van der Waals surface area (Å²) in [5.74, 6) is 0.526. The maximum Gasteiger partial charge on any atom is 0.337 e. The summed E-state index contributed by atoms with van der Waals surface area (Å²) in [4.78, 5) is 11.2. The first-order chi connectivity index (χ1) is 8.99. The second-order valence-electron chi connectivity index (χ2n) is 4.39. The Bertz CT molecular complexity index is 604. The van der Waals surface area contributed by atoms with Crippen molar-refractivity contribution in [3.05, 3.63) is 47.4 Å². The van der Waals surface area contributed by atoms with Crippen LogP contribution in [0.4, 0.5) is 11.4 Å². The third kappa shape index (κ3) is 2.70. The van der Waals surface area contributed by atoms with Crippen molar-refractivity contribution in [2.75, 3.05) is 11.1 Å². The van der Waals surface area contributed by atoms with Crippen LogP contribution in [-0.2, 0) is 0 Å². The molecule has 0 amide bonds. The first kappa shape index (κ1) is 13.0. The van der Waals surface area contributed by atoms with Crippen molar-refractivity contribution in [2.24, 2.45) is 0 Å². The molecule has 4 N–H and O–H groups in total. The molecule has 0 spiro atoms. The number of carboxylic acids is 1. The van der Waals surface area contributed by atoms with Crippen molar-refractivity contribution in [3.63, 3.8) is 0 Å². The SMILES string of the molecule is Cc1ccc(C(C)Nc2c(N)cccc2C(=O)O)o1. The van der Waals surface area contributed by atoms with Gasteiger partial charge in [0.05, 0.1) is 23.0 Å². The van der Waals surface area contributed by atoms with E-state index in [-0.39, 0.29) is 11.6 Å². The quantitative estimate of drug-likeness (QED) is 0.735. The van der Waals surface area contributed by atoms with Crippen LogP contribution in [0, 0.1) is 6.92 Å². The molecule has 5 heteroatoms. The Morgan fingerprint density at radius 3 is 2.68 bits per heavy atom. The van der Waals surface area contributed by atoms with Gasteiger partial charge in [-0.2, -0.15) is 0 Å². The monoisotopic (exact) mass is 260 g/mol. The number of aryl methyl sites for hydroxylation is 1. The molecular weight excluding hydrogens is 244 g/mol. The molecule has 2 rings (SSSR count). The number of furan rings is 1. The van der Waals surface area contributed by atoms with Gasteiger partial charge >= 0.3 is 5.97 Å². The predicted octanol–water partition coefficient (Wildman–Crippen LogP) is 3.04. The van der Waals surface area contributed by atoms with E-state index in [1.807, 2.05) is 26.0 Å². The number of carboxylic acid groups (broad SMARTS) is 1. The van der Waals surface area contributed by atoms with Crippen molar-refractivity contribution < 1.29 is 14.3 Å². The van der Waals surface area contributed by atoms with Crippen molar-refractivity contribution in [3.8, 4) is 0 Å². The number of nitrogens with one attached hydrogen (secondary N) is 1. The Kier molecular flexibility index (Phi) is 3.46. The normalized spacial score (nSPS) is 12.1. The van der Waals surface area contributed by atoms with Crippen molar-refractivity contribution in [1.29, 1.82) is 0 Å². The maximum absolute atomic E-state index is 11.2. The third-order valence-corrected chi connectivity index (χ3v) is 2.88. The number of aromatic carboxylic acids is 1. The molecule has 0 radical (unpaired) electrons. The van der Waals surface area contributed by atoms with Crippen LogP contribution in [-0.4, -0.2) is 11.1 Å². The van der Waals surface area contributed by atoms with Crippen LogP contribution in [0.25, 0.3) is 0 Å². The van der Waals surface area contributed by atoms with Gasteiger partial charge in [-0.15, -0.1) is 0 Å². The smallest absolute Gasteiger partial charge is 0.337 e. The molecule has 0 saturated heterocycles. The summed E-state index contributed by atoms with van der Waals surface area (Å²) in [5.41, 5.74) is 6.79. The number of para-hydroxylation sites is 1. The average molecular weight is 260 g/mol. The average Bonchev–Trinajstić information content (AvgIpc) is 2.78. The fourth-order valence-electron chi connectivity index (χ4n) is 1.88. The zero-order chi connectivity index (χ0) is 14.0. The fourth-order valence-corrected chi connectivity index (χ4v) is 1.88.